The van der Waals surface area contributed by atoms with E-state index in [1.165, 1.54) is 6.92 Å². The molecular formula is C6H11N3O3. The number of urea groups is 1. The molecule has 0 aliphatic heterocycles. The summed E-state index contributed by atoms with van der Waals surface area (Å²) in [6, 6.07) is -0.746. The summed E-state index contributed by atoms with van der Waals surface area (Å²) in [6.45, 7) is 2.83. The van der Waals surface area contributed by atoms with Gasteiger partial charge < -0.3 is 0 Å². The molecule has 3 N–H and O–H groups in total. The molecule has 0 aliphatic carbocycles. The normalized spacial score (nSPS) is 8.50. The van der Waals surface area contributed by atoms with Gasteiger partial charge in [-0.25, -0.2) is 10.2 Å². The molecule has 0 heterocycles. The minimum Gasteiger partial charge on any atom is -0.277 e. The Morgan fingerprint density at radius 1 is 1.17 bits per heavy atom. The molecule has 0 fully saturated rings. The lowest BCUT2D eigenvalue weighted by Crippen LogP contribution is -2.47. The van der Waals surface area contributed by atoms with Crippen LogP contribution < -0.4 is 16.2 Å². The number of carbonyl (C=O) groups excluding carboxylic acids is 3. The molecule has 4 amide bonds. The number of carbonyl (C=O) groups is 3. The summed E-state index contributed by atoms with van der Waals surface area (Å²) in [4.78, 5) is 31.5. The second-order valence-corrected chi connectivity index (χ2v) is 2.04. The molecule has 0 unspecified atom stereocenters. The zero-order valence-corrected chi connectivity index (χ0v) is 6.93. The first-order chi connectivity index (χ1) is 5.56. The van der Waals surface area contributed by atoms with Gasteiger partial charge in [-0.15, -0.1) is 0 Å². The quantitative estimate of drug-likeness (QED) is 0.457. The van der Waals surface area contributed by atoms with E-state index in [4.69, 9.17) is 0 Å². The van der Waals surface area contributed by atoms with E-state index >= 15 is 0 Å². The first kappa shape index (κ1) is 10.4. The molecule has 6 nitrogen and oxygen atoms in total. The van der Waals surface area contributed by atoms with E-state index in [-0.39, 0.29) is 12.3 Å². The van der Waals surface area contributed by atoms with Crippen molar-refractivity contribution in [3.8, 4) is 0 Å². The Morgan fingerprint density at radius 2 is 1.75 bits per heavy atom. The van der Waals surface area contributed by atoms with Gasteiger partial charge in [0.05, 0.1) is 0 Å². The minimum atomic E-state index is -0.746. The topological polar surface area (TPSA) is 87.3 Å². The Morgan fingerprint density at radius 3 is 2.17 bits per heavy atom. The summed E-state index contributed by atoms with van der Waals surface area (Å²) >= 11 is 0. The zero-order valence-electron chi connectivity index (χ0n) is 6.93. The van der Waals surface area contributed by atoms with Crippen molar-refractivity contribution in [2.45, 2.75) is 20.3 Å². The number of hydrogen-bond donors (Lipinski definition) is 3. The van der Waals surface area contributed by atoms with Gasteiger partial charge in [-0.1, -0.05) is 6.92 Å². The third kappa shape index (κ3) is 5.21. The minimum absolute atomic E-state index is 0.264. The van der Waals surface area contributed by atoms with Crippen molar-refractivity contribution in [2.75, 3.05) is 0 Å². The average Bonchev–Trinajstić information content (AvgIpc) is 1.99. The summed E-state index contributed by atoms with van der Waals surface area (Å²) in [5.41, 5.74) is 4.08. The number of nitrogens with one attached hydrogen (secondary N) is 3. The van der Waals surface area contributed by atoms with Crippen molar-refractivity contribution in [2.24, 2.45) is 0 Å². The van der Waals surface area contributed by atoms with E-state index in [2.05, 4.69) is 5.43 Å². The maximum Gasteiger partial charge on any atom is 0.340 e. The van der Waals surface area contributed by atoms with Gasteiger partial charge >= 0.3 is 6.03 Å². The Balaban J connectivity index is 3.57. The lowest BCUT2D eigenvalue weighted by Gasteiger charge is -2.04. The fourth-order valence-electron chi connectivity index (χ4n) is 0.406. The van der Waals surface area contributed by atoms with Gasteiger partial charge in [0.15, 0.2) is 0 Å². The van der Waals surface area contributed by atoms with Crippen LogP contribution in [0.15, 0.2) is 0 Å². The molecule has 68 valence electrons. The van der Waals surface area contributed by atoms with Crippen LogP contribution in [-0.2, 0) is 9.59 Å². The van der Waals surface area contributed by atoms with Crippen LogP contribution in [0.4, 0.5) is 4.79 Å². The molecule has 0 spiro atoms. The molecular weight excluding hydrogens is 162 g/mol. The number of hydrazine groups is 1. The number of rotatable bonds is 1. The molecule has 0 aromatic carbocycles. The van der Waals surface area contributed by atoms with E-state index in [0.717, 1.165) is 0 Å². The summed E-state index contributed by atoms with van der Waals surface area (Å²) in [7, 11) is 0. The van der Waals surface area contributed by atoms with Crippen LogP contribution in [0.1, 0.15) is 20.3 Å². The summed E-state index contributed by atoms with van der Waals surface area (Å²) in [5, 5.41) is 1.92. The third-order valence-corrected chi connectivity index (χ3v) is 0.926. The predicted octanol–water partition coefficient (Wildman–Crippen LogP) is -0.727. The summed E-state index contributed by atoms with van der Waals surface area (Å²) < 4.78 is 0. The number of amides is 4. The molecule has 0 aliphatic rings. The molecule has 0 bridgehead atoms. The van der Waals surface area contributed by atoms with Gasteiger partial charge in [-0.2, -0.15) is 0 Å². The van der Waals surface area contributed by atoms with Crippen LogP contribution in [0.25, 0.3) is 0 Å². The molecule has 0 radical (unpaired) electrons. The fraction of sp³-hybridized carbons (Fsp3) is 0.500. The van der Waals surface area contributed by atoms with Crippen LogP contribution >= 0.6 is 0 Å². The van der Waals surface area contributed by atoms with Crippen LogP contribution in [0.3, 0.4) is 0 Å². The van der Waals surface area contributed by atoms with Crippen LogP contribution in [0.2, 0.25) is 0 Å². The molecule has 0 aromatic heterocycles. The standard InChI is InChI=1S/C6H11N3O3/c1-3-5(11)8-9-6(12)7-4(2)10/h3H2,1-2H3,(H,8,11)(H2,7,9,10,12). The van der Waals surface area contributed by atoms with Crippen molar-refractivity contribution in [3.63, 3.8) is 0 Å². The highest BCUT2D eigenvalue weighted by molar-refractivity contribution is 5.93. The van der Waals surface area contributed by atoms with Crippen LogP contribution in [0.5, 0.6) is 0 Å². The van der Waals surface area contributed by atoms with Gasteiger partial charge in [-0.05, 0) is 0 Å². The van der Waals surface area contributed by atoms with Crippen molar-refractivity contribution in [1.29, 1.82) is 0 Å². The van der Waals surface area contributed by atoms with Gasteiger partial charge in [0.2, 0.25) is 11.8 Å². The van der Waals surface area contributed by atoms with E-state index in [1.807, 2.05) is 10.7 Å². The van der Waals surface area contributed by atoms with Crippen molar-refractivity contribution >= 4 is 17.8 Å². The fourth-order valence-corrected chi connectivity index (χ4v) is 0.406. The highest BCUT2D eigenvalue weighted by Crippen LogP contribution is 1.71. The molecule has 0 saturated heterocycles. The lowest BCUT2D eigenvalue weighted by atomic mass is 10.5. The highest BCUT2D eigenvalue weighted by Gasteiger charge is 2.02. The Kier molecular flexibility index (Phi) is 4.43. The van der Waals surface area contributed by atoms with E-state index in [1.54, 1.807) is 6.92 Å². The van der Waals surface area contributed by atoms with Crippen molar-refractivity contribution in [3.05, 3.63) is 0 Å². The molecule has 6 heteroatoms. The Hall–Kier alpha value is -1.59. The van der Waals surface area contributed by atoms with Crippen LogP contribution in [0, 0.1) is 0 Å². The Bertz CT molecular complexity index is 202. The molecule has 0 atom stereocenters. The first-order valence-corrected chi connectivity index (χ1v) is 3.42. The summed E-state index contributed by atoms with van der Waals surface area (Å²) in [5.74, 6) is -0.813. The second kappa shape index (κ2) is 5.11. The predicted molar refractivity (Wildman–Crippen MR) is 40.8 cm³/mol. The average molecular weight is 173 g/mol. The number of imide groups is 1. The summed E-state index contributed by atoms with van der Waals surface area (Å²) in [6.07, 6.45) is 0.264. The van der Waals surface area contributed by atoms with E-state index in [0.29, 0.717) is 0 Å². The second-order valence-electron chi connectivity index (χ2n) is 2.04. The Labute approximate surface area is 69.7 Å². The highest BCUT2D eigenvalue weighted by atomic mass is 16.2. The van der Waals surface area contributed by atoms with E-state index in [9.17, 15) is 14.4 Å². The lowest BCUT2D eigenvalue weighted by molar-refractivity contribution is -0.122. The molecule has 0 saturated carbocycles. The van der Waals surface area contributed by atoms with Gasteiger partial charge in [0, 0.05) is 13.3 Å². The van der Waals surface area contributed by atoms with Gasteiger partial charge in [0.1, 0.15) is 0 Å². The van der Waals surface area contributed by atoms with Crippen molar-refractivity contribution in [1.82, 2.24) is 16.2 Å². The van der Waals surface area contributed by atoms with Gasteiger partial charge in [-0.3, -0.25) is 20.3 Å². The molecule has 0 rings (SSSR count). The largest absolute Gasteiger partial charge is 0.340 e. The molecule has 12 heavy (non-hydrogen) atoms. The zero-order chi connectivity index (χ0) is 9.56. The maximum atomic E-state index is 10.6. The van der Waals surface area contributed by atoms with Gasteiger partial charge in [0.25, 0.3) is 0 Å². The number of hydrogen-bond acceptors (Lipinski definition) is 3. The molecule has 0 aromatic rings. The van der Waals surface area contributed by atoms with Crippen molar-refractivity contribution < 1.29 is 14.4 Å². The third-order valence-electron chi connectivity index (χ3n) is 0.926. The maximum absolute atomic E-state index is 10.6. The SMILES string of the molecule is CCC(=O)NNC(=O)NC(C)=O. The monoisotopic (exact) mass is 173 g/mol. The smallest absolute Gasteiger partial charge is 0.277 e. The van der Waals surface area contributed by atoms with Crippen LogP contribution in [-0.4, -0.2) is 17.8 Å². The van der Waals surface area contributed by atoms with E-state index < -0.39 is 11.9 Å². The first-order valence-electron chi connectivity index (χ1n) is 3.42.